The summed E-state index contributed by atoms with van der Waals surface area (Å²) in [7, 11) is 0. The Hall–Kier alpha value is -1.37. The van der Waals surface area contributed by atoms with Crippen LogP contribution in [-0.4, -0.2) is 34.6 Å². The molecule has 0 fully saturated rings. The summed E-state index contributed by atoms with van der Waals surface area (Å²) < 4.78 is 0. The van der Waals surface area contributed by atoms with Gasteiger partial charge >= 0.3 is 0 Å². The summed E-state index contributed by atoms with van der Waals surface area (Å²) in [6.45, 7) is 7.46. The van der Waals surface area contributed by atoms with Gasteiger partial charge in [-0.25, -0.2) is 4.98 Å². The van der Waals surface area contributed by atoms with Crippen LogP contribution in [0.15, 0.2) is 29.2 Å². The van der Waals surface area contributed by atoms with Crippen LogP contribution in [0, 0.1) is 0 Å². The van der Waals surface area contributed by atoms with Crippen molar-refractivity contribution in [3.63, 3.8) is 0 Å². The van der Waals surface area contributed by atoms with Crippen LogP contribution in [0.25, 0.3) is 0 Å². The molecule has 0 saturated carbocycles. The van der Waals surface area contributed by atoms with Crippen LogP contribution < -0.4 is 5.32 Å². The van der Waals surface area contributed by atoms with E-state index in [9.17, 15) is 4.79 Å². The third kappa shape index (κ3) is 4.18. The molecule has 128 valence electrons. The summed E-state index contributed by atoms with van der Waals surface area (Å²) >= 11 is 3.35. The number of nitrogens with zero attached hydrogens (tertiary/aromatic N) is 2. The van der Waals surface area contributed by atoms with Crippen LogP contribution in [0.5, 0.6) is 0 Å². The first-order valence-corrected chi connectivity index (χ1v) is 10.2. The fourth-order valence-electron chi connectivity index (χ4n) is 2.87. The maximum Gasteiger partial charge on any atom is 0.257 e. The van der Waals surface area contributed by atoms with E-state index in [4.69, 9.17) is 0 Å². The molecule has 1 aliphatic rings. The van der Waals surface area contributed by atoms with Gasteiger partial charge in [-0.1, -0.05) is 19.9 Å². The van der Waals surface area contributed by atoms with Gasteiger partial charge in [0.1, 0.15) is 0 Å². The average Bonchev–Trinajstić information content (AvgIpc) is 2.97. The van der Waals surface area contributed by atoms with E-state index in [1.54, 1.807) is 23.1 Å². The molecule has 0 bridgehead atoms. The molecule has 0 saturated heterocycles. The van der Waals surface area contributed by atoms with Crippen molar-refractivity contribution in [1.82, 2.24) is 9.88 Å². The quantitative estimate of drug-likeness (QED) is 0.780. The molecule has 4 nitrogen and oxygen atoms in total. The van der Waals surface area contributed by atoms with Gasteiger partial charge in [0, 0.05) is 34.8 Å². The average molecular weight is 362 g/mol. The molecule has 3 rings (SSSR count). The molecule has 0 atom stereocenters. The minimum atomic E-state index is -0.0786. The van der Waals surface area contributed by atoms with Crippen molar-refractivity contribution in [2.75, 3.05) is 24.2 Å². The Morgan fingerprint density at radius 3 is 3.08 bits per heavy atom. The van der Waals surface area contributed by atoms with Crippen molar-refractivity contribution in [3.05, 3.63) is 40.4 Å². The van der Waals surface area contributed by atoms with E-state index in [2.05, 4.69) is 29.0 Å². The molecule has 2 heterocycles. The molecule has 24 heavy (non-hydrogen) atoms. The number of nitrogens with one attached hydrogen (secondary N) is 1. The molecule has 0 aliphatic carbocycles. The second-order valence-corrected chi connectivity index (χ2v) is 8.25. The highest BCUT2D eigenvalue weighted by Crippen LogP contribution is 2.29. The molecule has 1 aromatic carbocycles. The minimum Gasteiger partial charge on any atom is -0.298 e. The standard InChI is InChI=1S/C18H23N3OS2/c1-3-9-21-10-8-15-16(12-21)24-18(19-15)20-17(22)13-6-5-7-14(11-13)23-4-2/h5-7,11H,3-4,8-10,12H2,1-2H3,(H,19,20,22). The maximum atomic E-state index is 12.5. The number of carbonyl (C=O) groups excluding carboxylic acids is 1. The van der Waals surface area contributed by atoms with Gasteiger partial charge in [0.2, 0.25) is 0 Å². The fraction of sp³-hybridized carbons (Fsp3) is 0.444. The van der Waals surface area contributed by atoms with Gasteiger partial charge in [0.25, 0.3) is 5.91 Å². The zero-order chi connectivity index (χ0) is 16.9. The van der Waals surface area contributed by atoms with Crippen molar-refractivity contribution in [3.8, 4) is 0 Å². The van der Waals surface area contributed by atoms with Gasteiger partial charge in [-0.15, -0.1) is 23.1 Å². The number of anilines is 1. The number of hydrogen-bond acceptors (Lipinski definition) is 5. The van der Waals surface area contributed by atoms with Gasteiger partial charge < -0.3 is 0 Å². The van der Waals surface area contributed by atoms with E-state index >= 15 is 0 Å². The SMILES string of the molecule is CCCN1CCc2nc(NC(=O)c3cccc(SCC)c3)sc2C1. The Morgan fingerprint density at radius 2 is 2.29 bits per heavy atom. The van der Waals surface area contributed by atoms with Gasteiger partial charge in [-0.2, -0.15) is 0 Å². The molecule has 0 spiro atoms. The number of hydrogen-bond donors (Lipinski definition) is 1. The first kappa shape index (κ1) is 17.5. The van der Waals surface area contributed by atoms with Crippen LogP contribution in [0.2, 0.25) is 0 Å². The first-order valence-electron chi connectivity index (χ1n) is 8.44. The number of fused-ring (bicyclic) bond motifs is 1. The van der Waals surface area contributed by atoms with E-state index in [1.165, 1.54) is 11.3 Å². The highest BCUT2D eigenvalue weighted by molar-refractivity contribution is 7.99. The van der Waals surface area contributed by atoms with Gasteiger partial charge in [-0.05, 0) is 36.9 Å². The summed E-state index contributed by atoms with van der Waals surface area (Å²) in [6, 6.07) is 7.77. The lowest BCUT2D eigenvalue weighted by atomic mass is 10.2. The maximum absolute atomic E-state index is 12.5. The number of thioether (sulfide) groups is 1. The highest BCUT2D eigenvalue weighted by atomic mass is 32.2. The summed E-state index contributed by atoms with van der Waals surface area (Å²) in [5.41, 5.74) is 1.84. The lowest BCUT2D eigenvalue weighted by Crippen LogP contribution is -2.30. The van der Waals surface area contributed by atoms with Gasteiger partial charge in [-0.3, -0.25) is 15.0 Å². The Balaban J connectivity index is 1.68. The normalized spacial score (nSPS) is 14.4. The molecule has 0 radical (unpaired) electrons. The molecule has 1 aliphatic heterocycles. The number of carbonyl (C=O) groups is 1. The predicted octanol–water partition coefficient (Wildman–Crippen LogP) is 4.28. The Kier molecular flexibility index (Phi) is 5.92. The Bertz CT molecular complexity index is 714. The number of thiazole rings is 1. The molecule has 6 heteroatoms. The van der Waals surface area contributed by atoms with Crippen LogP contribution in [-0.2, 0) is 13.0 Å². The predicted molar refractivity (Wildman–Crippen MR) is 102 cm³/mol. The van der Waals surface area contributed by atoms with Crippen molar-refractivity contribution in [2.45, 2.75) is 38.1 Å². The monoisotopic (exact) mass is 361 g/mol. The summed E-state index contributed by atoms with van der Waals surface area (Å²) in [5.74, 6) is 0.920. The lowest BCUT2D eigenvalue weighted by Gasteiger charge is -2.24. The third-order valence-corrected chi connectivity index (χ3v) is 5.85. The number of aromatic nitrogens is 1. The van der Waals surface area contributed by atoms with Crippen molar-refractivity contribution in [2.24, 2.45) is 0 Å². The lowest BCUT2D eigenvalue weighted by molar-refractivity contribution is 0.102. The molecule has 1 aromatic heterocycles. The molecular weight excluding hydrogens is 338 g/mol. The van der Waals surface area contributed by atoms with E-state index in [0.717, 1.165) is 47.5 Å². The second-order valence-electron chi connectivity index (χ2n) is 5.83. The molecule has 0 unspecified atom stereocenters. The molecular formula is C18H23N3OS2. The largest absolute Gasteiger partial charge is 0.298 e. The van der Waals surface area contributed by atoms with Crippen LogP contribution in [0.1, 0.15) is 41.2 Å². The highest BCUT2D eigenvalue weighted by Gasteiger charge is 2.21. The van der Waals surface area contributed by atoms with Gasteiger partial charge in [0.15, 0.2) is 5.13 Å². The third-order valence-electron chi connectivity index (χ3n) is 3.98. The van der Waals surface area contributed by atoms with E-state index in [1.807, 2.05) is 24.3 Å². The van der Waals surface area contributed by atoms with Gasteiger partial charge in [0.05, 0.1) is 5.69 Å². The van der Waals surface area contributed by atoms with Crippen molar-refractivity contribution < 1.29 is 4.79 Å². The topological polar surface area (TPSA) is 45.2 Å². The first-order chi connectivity index (χ1) is 11.7. The van der Waals surface area contributed by atoms with Crippen molar-refractivity contribution in [1.29, 1.82) is 0 Å². The van der Waals surface area contributed by atoms with E-state index < -0.39 is 0 Å². The van der Waals surface area contributed by atoms with E-state index in [-0.39, 0.29) is 5.91 Å². The van der Waals surface area contributed by atoms with Crippen molar-refractivity contribution >= 4 is 34.1 Å². The smallest absolute Gasteiger partial charge is 0.257 e. The Labute approximate surface area is 151 Å². The zero-order valence-electron chi connectivity index (χ0n) is 14.2. The number of rotatable bonds is 6. The summed E-state index contributed by atoms with van der Waals surface area (Å²) in [5, 5.41) is 3.69. The zero-order valence-corrected chi connectivity index (χ0v) is 15.8. The van der Waals surface area contributed by atoms with Crippen LogP contribution in [0.3, 0.4) is 0 Å². The molecule has 1 amide bonds. The van der Waals surface area contributed by atoms with E-state index in [0.29, 0.717) is 5.56 Å². The number of amides is 1. The minimum absolute atomic E-state index is 0.0786. The fourth-order valence-corrected chi connectivity index (χ4v) is 4.64. The summed E-state index contributed by atoms with van der Waals surface area (Å²) in [6.07, 6.45) is 2.15. The molecule has 2 aromatic rings. The van der Waals surface area contributed by atoms with Crippen LogP contribution in [0.4, 0.5) is 5.13 Å². The summed E-state index contributed by atoms with van der Waals surface area (Å²) in [4.78, 5) is 22.0. The van der Waals surface area contributed by atoms with Crippen LogP contribution >= 0.6 is 23.1 Å². The molecule has 1 N–H and O–H groups in total. The Morgan fingerprint density at radius 1 is 1.42 bits per heavy atom. The second kappa shape index (κ2) is 8.14. The number of benzene rings is 1.